The van der Waals surface area contributed by atoms with Crippen molar-refractivity contribution < 1.29 is 9.59 Å². The monoisotopic (exact) mass is 399 g/mol. The molecule has 1 fully saturated rings. The van der Waals surface area contributed by atoms with Crippen molar-refractivity contribution in [2.75, 3.05) is 18.0 Å². The minimum atomic E-state index is 0.0675. The summed E-state index contributed by atoms with van der Waals surface area (Å²) in [5, 5.41) is 0. The van der Waals surface area contributed by atoms with Gasteiger partial charge in [-0.1, -0.05) is 18.2 Å². The molecule has 0 aliphatic carbocycles. The highest BCUT2D eigenvalue weighted by Crippen LogP contribution is 2.32. The second-order valence-electron chi connectivity index (χ2n) is 8.05. The molecule has 5 nitrogen and oxygen atoms in total. The number of para-hydroxylation sites is 1. The van der Waals surface area contributed by atoms with E-state index in [1.165, 1.54) is 5.56 Å². The first-order chi connectivity index (χ1) is 14.7. The van der Waals surface area contributed by atoms with Crippen molar-refractivity contribution in [3.63, 3.8) is 0 Å². The summed E-state index contributed by atoms with van der Waals surface area (Å²) in [6.07, 6.45) is 7.00. The van der Waals surface area contributed by atoms with Gasteiger partial charge in [0.25, 0.3) is 5.91 Å². The highest BCUT2D eigenvalue weighted by molar-refractivity contribution is 5.97. The van der Waals surface area contributed by atoms with E-state index in [4.69, 9.17) is 0 Å². The number of carbonyl (C=O) groups excluding carboxylic acids is 2. The van der Waals surface area contributed by atoms with Gasteiger partial charge in [0.05, 0.1) is 0 Å². The molecule has 0 spiro atoms. The third-order valence-electron chi connectivity index (χ3n) is 6.26. The van der Waals surface area contributed by atoms with Crippen LogP contribution in [0, 0.1) is 0 Å². The average molecular weight is 399 g/mol. The summed E-state index contributed by atoms with van der Waals surface area (Å²) < 4.78 is 2.02. The fourth-order valence-electron chi connectivity index (χ4n) is 4.65. The normalized spacial score (nSPS) is 17.1. The Bertz CT molecular complexity index is 1050. The largest absolute Gasteiger partial charge is 0.338 e. The molecule has 2 amide bonds. The zero-order chi connectivity index (χ0) is 20.5. The van der Waals surface area contributed by atoms with Gasteiger partial charge < -0.3 is 14.4 Å². The third-order valence-corrected chi connectivity index (χ3v) is 6.26. The molecule has 0 atom stereocenters. The molecule has 2 aromatic carbocycles. The van der Waals surface area contributed by atoms with Crippen LogP contribution in [0.1, 0.15) is 35.2 Å². The maximum absolute atomic E-state index is 13.0. The molecule has 5 heteroatoms. The van der Waals surface area contributed by atoms with E-state index < -0.39 is 0 Å². The summed E-state index contributed by atoms with van der Waals surface area (Å²) in [7, 11) is 0. The van der Waals surface area contributed by atoms with E-state index in [2.05, 4.69) is 12.1 Å². The number of fused-ring (bicyclic) bond motifs is 1. The molecule has 0 bridgehead atoms. The van der Waals surface area contributed by atoms with Gasteiger partial charge in [0.2, 0.25) is 5.91 Å². The Morgan fingerprint density at radius 2 is 1.53 bits per heavy atom. The highest BCUT2D eigenvalue weighted by atomic mass is 16.2. The average Bonchev–Trinajstić information content (AvgIpc) is 3.34. The summed E-state index contributed by atoms with van der Waals surface area (Å²) in [6.45, 7) is 1.35. The molecule has 2 aliphatic heterocycles. The molecular weight excluding hydrogens is 374 g/mol. The summed E-state index contributed by atoms with van der Waals surface area (Å²) in [5.41, 5.74) is 4.05. The van der Waals surface area contributed by atoms with Crippen LogP contribution in [0.4, 0.5) is 5.69 Å². The summed E-state index contributed by atoms with van der Waals surface area (Å²) in [6, 6.07) is 20.1. The molecule has 30 heavy (non-hydrogen) atoms. The predicted molar refractivity (Wildman–Crippen MR) is 117 cm³/mol. The number of aryl methyl sites for hydroxylation is 1. The minimum absolute atomic E-state index is 0.0675. The van der Waals surface area contributed by atoms with Gasteiger partial charge in [0.1, 0.15) is 0 Å². The number of likely N-dealkylation sites (tertiary alicyclic amines) is 1. The lowest BCUT2D eigenvalue weighted by Gasteiger charge is -2.41. The van der Waals surface area contributed by atoms with Crippen LogP contribution in [0.3, 0.4) is 0 Å². The first-order valence-electron chi connectivity index (χ1n) is 10.6. The van der Waals surface area contributed by atoms with E-state index in [9.17, 15) is 9.59 Å². The van der Waals surface area contributed by atoms with Gasteiger partial charge in [-0.05, 0) is 67.3 Å². The van der Waals surface area contributed by atoms with Crippen LogP contribution in [-0.2, 0) is 11.2 Å². The maximum Gasteiger partial charge on any atom is 0.253 e. The number of benzene rings is 2. The number of hydrogen-bond donors (Lipinski definition) is 0. The van der Waals surface area contributed by atoms with Crippen molar-refractivity contribution in [1.29, 1.82) is 0 Å². The fourth-order valence-corrected chi connectivity index (χ4v) is 4.65. The molecule has 0 unspecified atom stereocenters. The Labute approximate surface area is 176 Å². The molecule has 1 saturated heterocycles. The van der Waals surface area contributed by atoms with Crippen LogP contribution < -0.4 is 4.90 Å². The van der Waals surface area contributed by atoms with Crippen molar-refractivity contribution in [2.45, 2.75) is 31.7 Å². The van der Waals surface area contributed by atoms with E-state index in [0.717, 1.165) is 30.6 Å². The Balaban J connectivity index is 1.26. The van der Waals surface area contributed by atoms with E-state index in [0.29, 0.717) is 25.1 Å². The van der Waals surface area contributed by atoms with Crippen molar-refractivity contribution in [3.05, 3.63) is 84.2 Å². The predicted octanol–water partition coefficient (Wildman–Crippen LogP) is 4.06. The van der Waals surface area contributed by atoms with Crippen LogP contribution in [-0.4, -0.2) is 40.4 Å². The Morgan fingerprint density at radius 3 is 2.27 bits per heavy atom. The molecule has 5 rings (SSSR count). The van der Waals surface area contributed by atoms with Crippen molar-refractivity contribution in [2.24, 2.45) is 0 Å². The Kier molecular flexibility index (Phi) is 4.87. The standard InChI is InChI=1S/C25H25N3O2/c29-24-12-9-19-5-1-2-6-23(19)28(24)22-13-17-27(18-14-22)25(30)20-7-10-21(11-8-20)26-15-3-4-16-26/h1-8,10-11,15-16,22H,9,12-14,17-18H2. The van der Waals surface area contributed by atoms with Gasteiger partial charge in [-0.15, -0.1) is 0 Å². The smallest absolute Gasteiger partial charge is 0.253 e. The number of nitrogens with zero attached hydrogens (tertiary/aromatic N) is 3. The van der Waals surface area contributed by atoms with E-state index in [1.54, 1.807) is 0 Å². The lowest BCUT2D eigenvalue weighted by Crippen LogP contribution is -2.50. The second-order valence-corrected chi connectivity index (χ2v) is 8.05. The minimum Gasteiger partial charge on any atom is -0.338 e. The van der Waals surface area contributed by atoms with Crippen LogP contribution in [0.15, 0.2) is 73.1 Å². The third kappa shape index (κ3) is 3.41. The molecule has 3 heterocycles. The van der Waals surface area contributed by atoms with Gasteiger partial charge >= 0.3 is 0 Å². The van der Waals surface area contributed by atoms with Gasteiger partial charge in [0, 0.05) is 54.9 Å². The van der Waals surface area contributed by atoms with Crippen molar-refractivity contribution >= 4 is 17.5 Å². The van der Waals surface area contributed by atoms with Gasteiger partial charge in [0.15, 0.2) is 0 Å². The number of amides is 2. The van der Waals surface area contributed by atoms with Gasteiger partial charge in [-0.3, -0.25) is 9.59 Å². The number of hydrogen-bond acceptors (Lipinski definition) is 2. The molecule has 0 radical (unpaired) electrons. The summed E-state index contributed by atoms with van der Waals surface area (Å²) in [4.78, 5) is 29.6. The summed E-state index contributed by atoms with van der Waals surface area (Å²) in [5.74, 6) is 0.275. The van der Waals surface area contributed by atoms with Crippen molar-refractivity contribution in [1.82, 2.24) is 9.47 Å². The zero-order valence-electron chi connectivity index (χ0n) is 16.9. The maximum atomic E-state index is 13.0. The first kappa shape index (κ1) is 18.7. The second kappa shape index (κ2) is 7.82. The molecule has 3 aromatic rings. The van der Waals surface area contributed by atoms with Crippen LogP contribution in [0.2, 0.25) is 0 Å². The number of rotatable bonds is 3. The number of piperidine rings is 1. The Hall–Kier alpha value is -3.34. The molecular formula is C25H25N3O2. The summed E-state index contributed by atoms with van der Waals surface area (Å²) >= 11 is 0. The number of aromatic nitrogens is 1. The zero-order valence-corrected chi connectivity index (χ0v) is 16.9. The lowest BCUT2D eigenvalue weighted by atomic mass is 9.95. The van der Waals surface area contributed by atoms with Crippen LogP contribution in [0.25, 0.3) is 5.69 Å². The van der Waals surface area contributed by atoms with E-state index in [1.807, 2.05) is 75.3 Å². The molecule has 1 aromatic heterocycles. The van der Waals surface area contributed by atoms with E-state index >= 15 is 0 Å². The number of carbonyl (C=O) groups is 2. The lowest BCUT2D eigenvalue weighted by molar-refractivity contribution is -0.119. The Morgan fingerprint density at radius 1 is 0.833 bits per heavy atom. The van der Waals surface area contributed by atoms with Crippen molar-refractivity contribution in [3.8, 4) is 5.69 Å². The first-order valence-corrected chi connectivity index (χ1v) is 10.6. The topological polar surface area (TPSA) is 45.6 Å². The van der Waals surface area contributed by atoms with Crippen LogP contribution in [0.5, 0.6) is 0 Å². The SMILES string of the molecule is O=C(c1ccc(-n2cccc2)cc1)N1CCC(N2C(=O)CCc3ccccc32)CC1. The molecule has 152 valence electrons. The van der Waals surface area contributed by atoms with Crippen LogP contribution >= 0.6 is 0 Å². The molecule has 2 aliphatic rings. The van der Waals surface area contributed by atoms with Gasteiger partial charge in [-0.25, -0.2) is 0 Å². The fraction of sp³-hybridized carbons (Fsp3) is 0.280. The quantitative estimate of drug-likeness (QED) is 0.667. The molecule has 0 saturated carbocycles. The highest BCUT2D eigenvalue weighted by Gasteiger charge is 2.33. The van der Waals surface area contributed by atoms with E-state index in [-0.39, 0.29) is 17.9 Å². The van der Waals surface area contributed by atoms with Gasteiger partial charge in [-0.2, -0.15) is 0 Å². The number of anilines is 1. The molecule has 0 N–H and O–H groups in total.